The van der Waals surface area contributed by atoms with Crippen LogP contribution < -0.4 is 5.73 Å². The Balaban J connectivity index is 2.21. The molecule has 0 radical (unpaired) electrons. The molecule has 0 fully saturated rings. The molecule has 2 N–H and O–H groups in total. The minimum absolute atomic E-state index is 0.610. The van der Waals surface area contributed by atoms with Gasteiger partial charge >= 0.3 is 0 Å². The zero-order valence-electron chi connectivity index (χ0n) is 10.5. The highest BCUT2D eigenvalue weighted by atomic mass is 15.3. The number of hydrogen-bond donors (Lipinski definition) is 1. The summed E-state index contributed by atoms with van der Waals surface area (Å²) in [7, 11) is 0. The van der Waals surface area contributed by atoms with Gasteiger partial charge in [-0.1, -0.05) is 13.8 Å². The highest BCUT2D eigenvalue weighted by molar-refractivity contribution is 5.23. The average Bonchev–Trinajstić information content (AvgIpc) is 2.65. The maximum absolute atomic E-state index is 5.56. The van der Waals surface area contributed by atoms with E-state index in [1.165, 1.54) is 25.9 Å². The largest absolute Gasteiger partial charge is 0.382 e. The molecule has 0 unspecified atom stereocenters. The van der Waals surface area contributed by atoms with Crippen LogP contribution in [0.15, 0.2) is 12.3 Å². The van der Waals surface area contributed by atoms with Crippen molar-refractivity contribution in [3.63, 3.8) is 0 Å². The van der Waals surface area contributed by atoms with Crippen LogP contribution >= 0.6 is 0 Å². The van der Waals surface area contributed by atoms with Crippen LogP contribution in [-0.2, 0) is 6.54 Å². The lowest BCUT2D eigenvalue weighted by molar-refractivity contribution is 0.264. The number of nitrogen functional groups attached to an aromatic ring is 1. The van der Waals surface area contributed by atoms with Gasteiger partial charge in [0.05, 0.1) is 0 Å². The molecule has 0 aliphatic carbocycles. The molecular weight excluding hydrogens is 200 g/mol. The van der Waals surface area contributed by atoms with E-state index in [0.717, 1.165) is 19.5 Å². The molecule has 4 heteroatoms. The molecule has 0 aromatic carbocycles. The smallest absolute Gasteiger partial charge is 0.145 e. The molecule has 0 aliphatic rings. The van der Waals surface area contributed by atoms with Gasteiger partial charge in [0.25, 0.3) is 0 Å². The van der Waals surface area contributed by atoms with Gasteiger partial charge < -0.3 is 10.6 Å². The summed E-state index contributed by atoms with van der Waals surface area (Å²) in [6.45, 7) is 8.99. The van der Waals surface area contributed by atoms with E-state index in [1.807, 2.05) is 16.9 Å². The maximum Gasteiger partial charge on any atom is 0.145 e. The fourth-order valence-electron chi connectivity index (χ4n) is 1.93. The van der Waals surface area contributed by atoms with Crippen LogP contribution in [0.3, 0.4) is 0 Å². The lowest BCUT2D eigenvalue weighted by Crippen LogP contribution is -2.27. The first kappa shape index (κ1) is 13.0. The van der Waals surface area contributed by atoms with Crippen molar-refractivity contribution in [2.75, 3.05) is 25.4 Å². The van der Waals surface area contributed by atoms with Crippen molar-refractivity contribution in [3.8, 4) is 0 Å². The van der Waals surface area contributed by atoms with Crippen LogP contribution in [0.4, 0.5) is 5.82 Å². The highest BCUT2D eigenvalue weighted by Gasteiger charge is 2.02. The van der Waals surface area contributed by atoms with Gasteiger partial charge in [0, 0.05) is 12.7 Å². The molecule has 1 heterocycles. The summed E-state index contributed by atoms with van der Waals surface area (Å²) in [5, 5.41) is 4.18. The fraction of sp³-hybridized carbons (Fsp3) is 0.750. The topological polar surface area (TPSA) is 47.1 Å². The Hall–Kier alpha value is -1.03. The van der Waals surface area contributed by atoms with Crippen LogP contribution in [0.2, 0.25) is 0 Å². The molecule has 1 rings (SSSR count). The molecule has 0 atom stereocenters. The summed E-state index contributed by atoms with van der Waals surface area (Å²) >= 11 is 0. The predicted octanol–water partition coefficient (Wildman–Crippen LogP) is 1.98. The van der Waals surface area contributed by atoms with E-state index in [2.05, 4.69) is 23.8 Å². The number of nitrogens with two attached hydrogens (primary N) is 1. The third kappa shape index (κ3) is 4.66. The van der Waals surface area contributed by atoms with E-state index >= 15 is 0 Å². The Morgan fingerprint density at radius 1 is 1.25 bits per heavy atom. The van der Waals surface area contributed by atoms with Gasteiger partial charge in [-0.3, -0.25) is 4.68 Å². The first-order valence-corrected chi connectivity index (χ1v) is 6.27. The standard InChI is InChI=1S/C12H24N4/c1-3-7-15(8-4-2)9-5-10-16-11-6-12(13)14-16/h6,11H,3-5,7-10H2,1-2H3,(H2,13,14). The molecule has 0 saturated heterocycles. The Morgan fingerprint density at radius 3 is 2.44 bits per heavy atom. The van der Waals surface area contributed by atoms with Gasteiger partial charge in [0.1, 0.15) is 5.82 Å². The summed E-state index contributed by atoms with van der Waals surface area (Å²) in [6.07, 6.45) is 5.55. The quantitative estimate of drug-likeness (QED) is 0.734. The number of rotatable bonds is 8. The van der Waals surface area contributed by atoms with Crippen LogP contribution in [0.25, 0.3) is 0 Å². The summed E-state index contributed by atoms with van der Waals surface area (Å²) in [4.78, 5) is 2.52. The zero-order chi connectivity index (χ0) is 11.8. The van der Waals surface area contributed by atoms with Crippen LogP contribution in [-0.4, -0.2) is 34.3 Å². The Labute approximate surface area is 98.4 Å². The van der Waals surface area contributed by atoms with Crippen molar-refractivity contribution >= 4 is 5.82 Å². The summed E-state index contributed by atoms with van der Waals surface area (Å²) < 4.78 is 1.92. The fourth-order valence-corrected chi connectivity index (χ4v) is 1.93. The molecule has 92 valence electrons. The number of anilines is 1. The Morgan fingerprint density at radius 2 is 1.94 bits per heavy atom. The molecule has 0 spiro atoms. The normalized spacial score (nSPS) is 11.2. The SMILES string of the molecule is CCCN(CCC)CCCn1ccc(N)n1. The number of aromatic nitrogens is 2. The van der Waals surface area contributed by atoms with Crippen molar-refractivity contribution < 1.29 is 0 Å². The molecule has 0 saturated carbocycles. The second kappa shape index (κ2) is 7.28. The summed E-state index contributed by atoms with van der Waals surface area (Å²) in [6, 6.07) is 1.84. The van der Waals surface area contributed by atoms with E-state index in [4.69, 9.17) is 5.73 Å². The molecule has 1 aromatic heterocycles. The van der Waals surface area contributed by atoms with Gasteiger partial charge in [0.15, 0.2) is 0 Å². The number of hydrogen-bond acceptors (Lipinski definition) is 3. The van der Waals surface area contributed by atoms with E-state index in [1.54, 1.807) is 0 Å². The molecular formula is C12H24N4. The summed E-state index contributed by atoms with van der Waals surface area (Å²) in [5.74, 6) is 0.610. The first-order chi connectivity index (χ1) is 7.76. The van der Waals surface area contributed by atoms with Crippen molar-refractivity contribution in [1.82, 2.24) is 14.7 Å². The monoisotopic (exact) mass is 224 g/mol. The van der Waals surface area contributed by atoms with E-state index in [9.17, 15) is 0 Å². The van der Waals surface area contributed by atoms with Gasteiger partial charge in [-0.2, -0.15) is 5.10 Å². The lowest BCUT2D eigenvalue weighted by atomic mass is 10.3. The molecule has 4 nitrogen and oxygen atoms in total. The third-order valence-corrected chi connectivity index (χ3v) is 2.60. The second-order valence-corrected chi connectivity index (χ2v) is 4.20. The maximum atomic E-state index is 5.56. The van der Waals surface area contributed by atoms with Crippen LogP contribution in [0.5, 0.6) is 0 Å². The molecule has 0 bridgehead atoms. The molecule has 1 aromatic rings. The van der Waals surface area contributed by atoms with Crippen molar-refractivity contribution in [1.29, 1.82) is 0 Å². The van der Waals surface area contributed by atoms with Crippen LogP contribution in [0.1, 0.15) is 33.1 Å². The highest BCUT2D eigenvalue weighted by Crippen LogP contribution is 2.00. The first-order valence-electron chi connectivity index (χ1n) is 6.27. The second-order valence-electron chi connectivity index (χ2n) is 4.20. The zero-order valence-corrected chi connectivity index (χ0v) is 10.5. The average molecular weight is 224 g/mol. The summed E-state index contributed by atoms with van der Waals surface area (Å²) in [5.41, 5.74) is 5.56. The van der Waals surface area contributed by atoms with Crippen molar-refractivity contribution in [3.05, 3.63) is 12.3 Å². The van der Waals surface area contributed by atoms with E-state index in [-0.39, 0.29) is 0 Å². The predicted molar refractivity (Wildman–Crippen MR) is 68.3 cm³/mol. The Kier molecular flexibility index (Phi) is 5.93. The molecule has 0 amide bonds. The van der Waals surface area contributed by atoms with Crippen molar-refractivity contribution in [2.24, 2.45) is 0 Å². The van der Waals surface area contributed by atoms with E-state index < -0.39 is 0 Å². The lowest BCUT2D eigenvalue weighted by Gasteiger charge is -2.20. The van der Waals surface area contributed by atoms with E-state index in [0.29, 0.717) is 5.82 Å². The van der Waals surface area contributed by atoms with Crippen molar-refractivity contribution in [2.45, 2.75) is 39.7 Å². The van der Waals surface area contributed by atoms with Gasteiger partial charge in [-0.05, 0) is 45.0 Å². The Bertz CT molecular complexity index is 276. The minimum Gasteiger partial charge on any atom is -0.382 e. The minimum atomic E-state index is 0.610. The van der Waals surface area contributed by atoms with Gasteiger partial charge in [0.2, 0.25) is 0 Å². The third-order valence-electron chi connectivity index (χ3n) is 2.60. The number of nitrogens with zero attached hydrogens (tertiary/aromatic N) is 3. The van der Waals surface area contributed by atoms with Gasteiger partial charge in [-0.15, -0.1) is 0 Å². The molecule has 0 aliphatic heterocycles. The van der Waals surface area contributed by atoms with Gasteiger partial charge in [-0.25, -0.2) is 0 Å². The van der Waals surface area contributed by atoms with Crippen LogP contribution in [0, 0.1) is 0 Å². The molecule has 16 heavy (non-hydrogen) atoms. The number of aryl methyl sites for hydroxylation is 1.